The van der Waals surface area contributed by atoms with Crippen molar-refractivity contribution in [1.29, 1.82) is 5.41 Å². The number of fused-ring (bicyclic) bond motifs is 1. The summed E-state index contributed by atoms with van der Waals surface area (Å²) in [7, 11) is 0. The Balaban J connectivity index is 1.68. The first-order valence-electron chi connectivity index (χ1n) is 13.2. The van der Waals surface area contributed by atoms with Crippen molar-refractivity contribution in [3.8, 4) is 22.4 Å². The maximum absolute atomic E-state index is 10.1. The monoisotopic (exact) mass is 488 g/mol. The molecule has 0 amide bonds. The Hall–Kier alpha value is -3.96. The minimum atomic E-state index is 0.0874. The molecule has 0 spiro atoms. The van der Waals surface area contributed by atoms with E-state index >= 15 is 0 Å². The van der Waals surface area contributed by atoms with Crippen LogP contribution in [0.2, 0.25) is 0 Å². The molecule has 6 rings (SSSR count). The third-order valence-corrected chi connectivity index (χ3v) is 7.79. The molecule has 37 heavy (non-hydrogen) atoms. The van der Waals surface area contributed by atoms with E-state index in [0.717, 1.165) is 59.1 Å². The molecule has 5 nitrogen and oxygen atoms in total. The van der Waals surface area contributed by atoms with Gasteiger partial charge in [-0.05, 0) is 29.5 Å². The summed E-state index contributed by atoms with van der Waals surface area (Å²) in [5, 5.41) is 20.5. The largest absolute Gasteiger partial charge is 0.396 e. The third-order valence-electron chi connectivity index (χ3n) is 7.79. The van der Waals surface area contributed by atoms with E-state index in [9.17, 15) is 10.5 Å². The van der Waals surface area contributed by atoms with Gasteiger partial charge < -0.3 is 14.2 Å². The summed E-state index contributed by atoms with van der Waals surface area (Å²) in [6.07, 6.45) is 6.04. The summed E-state index contributed by atoms with van der Waals surface area (Å²) < 4.78 is 4.30. The van der Waals surface area contributed by atoms with E-state index in [1.807, 2.05) is 29.1 Å². The highest BCUT2D eigenvalue weighted by molar-refractivity contribution is 6.02. The average Bonchev–Trinajstić information content (AvgIpc) is 3.29. The molecule has 5 aromatic rings. The second-order valence-electron chi connectivity index (χ2n) is 10.0. The van der Waals surface area contributed by atoms with Gasteiger partial charge in [0, 0.05) is 30.7 Å². The molecule has 1 aliphatic rings. The predicted octanol–water partition coefficient (Wildman–Crippen LogP) is 6.42. The lowest BCUT2D eigenvalue weighted by Crippen LogP contribution is -2.33. The molecule has 2 heterocycles. The molecule has 1 saturated carbocycles. The van der Waals surface area contributed by atoms with Crippen molar-refractivity contribution in [3.63, 3.8) is 0 Å². The van der Waals surface area contributed by atoms with Gasteiger partial charge in [-0.2, -0.15) is 0 Å². The summed E-state index contributed by atoms with van der Waals surface area (Å²) in [4.78, 5) is 5.04. The molecule has 0 unspecified atom stereocenters. The molecular formula is C32H32N4O. The van der Waals surface area contributed by atoms with E-state index in [-0.39, 0.29) is 18.6 Å². The molecular weight excluding hydrogens is 456 g/mol. The smallest absolute Gasteiger partial charge is 0.146 e. The molecule has 0 aliphatic heterocycles. The highest BCUT2D eigenvalue weighted by Gasteiger charge is 2.29. The molecule has 2 aromatic heterocycles. The average molecular weight is 489 g/mol. The highest BCUT2D eigenvalue weighted by Crippen LogP contribution is 2.40. The normalized spacial score (nSPS) is 17.8. The molecule has 3 aromatic carbocycles. The SMILES string of the molecule is N=c1c2c(-c3ccccc3)c(-c3ccccc3)n(Cc3ccccc3)c2ncn1[C@@H]1CCCC[C@H]1CO. The molecule has 5 heteroatoms. The van der Waals surface area contributed by atoms with E-state index in [1.54, 1.807) is 0 Å². The van der Waals surface area contributed by atoms with Gasteiger partial charge in [-0.15, -0.1) is 0 Å². The Kier molecular flexibility index (Phi) is 6.46. The molecule has 0 saturated heterocycles. The van der Waals surface area contributed by atoms with E-state index < -0.39 is 0 Å². The number of aliphatic hydroxyl groups excluding tert-OH is 1. The van der Waals surface area contributed by atoms with Crippen LogP contribution >= 0.6 is 0 Å². The van der Waals surface area contributed by atoms with Crippen LogP contribution in [0.5, 0.6) is 0 Å². The molecule has 1 aliphatic carbocycles. The standard InChI is InChI=1S/C32H32N4O/c33-31-29-28(24-14-6-2-7-15-24)30(25-16-8-3-9-17-25)35(20-23-12-4-1-5-13-23)32(29)34-22-36(31)27-19-11-10-18-26(27)21-37/h1-9,12-17,22,26-27,33,37H,10-11,18-21H2/t26-,27+/m0/s1. The summed E-state index contributed by atoms with van der Waals surface area (Å²) >= 11 is 0. The number of benzene rings is 3. The summed E-state index contributed by atoms with van der Waals surface area (Å²) in [6.45, 7) is 0.804. The Labute approximate surface area is 217 Å². The number of rotatable bonds is 6. The van der Waals surface area contributed by atoms with Crippen LogP contribution in [0.3, 0.4) is 0 Å². The van der Waals surface area contributed by atoms with Gasteiger partial charge in [0.2, 0.25) is 0 Å². The van der Waals surface area contributed by atoms with Crippen molar-refractivity contribution in [2.24, 2.45) is 5.92 Å². The minimum absolute atomic E-state index is 0.0874. The number of nitrogens with zero attached hydrogens (tertiary/aromatic N) is 3. The van der Waals surface area contributed by atoms with Gasteiger partial charge in [-0.1, -0.05) is 104 Å². The predicted molar refractivity (Wildman–Crippen MR) is 148 cm³/mol. The van der Waals surface area contributed by atoms with Gasteiger partial charge in [0.25, 0.3) is 0 Å². The summed E-state index contributed by atoms with van der Waals surface area (Å²) in [5.41, 5.74) is 6.78. The quantitative estimate of drug-likeness (QED) is 0.289. The zero-order chi connectivity index (χ0) is 25.2. The molecule has 1 fully saturated rings. The van der Waals surface area contributed by atoms with Crippen molar-refractivity contribution in [1.82, 2.24) is 14.1 Å². The lowest BCUT2D eigenvalue weighted by molar-refractivity contribution is 0.135. The van der Waals surface area contributed by atoms with Crippen molar-refractivity contribution < 1.29 is 5.11 Å². The van der Waals surface area contributed by atoms with Crippen LogP contribution in [0.1, 0.15) is 37.3 Å². The van der Waals surface area contributed by atoms with Crippen LogP contribution in [0.15, 0.2) is 97.3 Å². The zero-order valence-electron chi connectivity index (χ0n) is 20.9. The summed E-state index contributed by atoms with van der Waals surface area (Å²) in [5.74, 6) is 0.155. The van der Waals surface area contributed by atoms with Crippen LogP contribution < -0.4 is 5.49 Å². The fourth-order valence-electron chi connectivity index (χ4n) is 5.99. The van der Waals surface area contributed by atoms with Crippen LogP contribution in [0.25, 0.3) is 33.4 Å². The van der Waals surface area contributed by atoms with Gasteiger partial charge in [0.15, 0.2) is 0 Å². The van der Waals surface area contributed by atoms with Crippen molar-refractivity contribution >= 4 is 11.0 Å². The first kappa shape index (κ1) is 23.4. The summed E-state index contributed by atoms with van der Waals surface area (Å²) in [6, 6.07) is 31.4. The Morgan fingerprint density at radius 3 is 2.11 bits per heavy atom. The second-order valence-corrected chi connectivity index (χ2v) is 10.0. The number of aromatic nitrogens is 3. The maximum atomic E-state index is 10.1. The number of hydrogen-bond donors (Lipinski definition) is 2. The first-order valence-corrected chi connectivity index (χ1v) is 13.2. The fraction of sp³-hybridized carbons (Fsp3) is 0.250. The van der Waals surface area contributed by atoms with E-state index in [2.05, 4.69) is 77.4 Å². The number of aliphatic hydroxyl groups is 1. The van der Waals surface area contributed by atoms with Crippen LogP contribution in [0.4, 0.5) is 0 Å². The van der Waals surface area contributed by atoms with Crippen LogP contribution in [-0.4, -0.2) is 25.8 Å². The van der Waals surface area contributed by atoms with E-state index in [0.29, 0.717) is 12.0 Å². The van der Waals surface area contributed by atoms with Gasteiger partial charge in [0.1, 0.15) is 11.1 Å². The second kappa shape index (κ2) is 10.2. The first-order chi connectivity index (χ1) is 18.3. The molecule has 2 atom stereocenters. The Morgan fingerprint density at radius 1 is 0.811 bits per heavy atom. The van der Waals surface area contributed by atoms with Crippen molar-refractivity contribution in [2.45, 2.75) is 38.3 Å². The number of nitrogens with one attached hydrogen (secondary N) is 1. The highest BCUT2D eigenvalue weighted by atomic mass is 16.3. The van der Waals surface area contributed by atoms with E-state index in [1.165, 1.54) is 5.56 Å². The van der Waals surface area contributed by atoms with Gasteiger partial charge >= 0.3 is 0 Å². The molecule has 186 valence electrons. The van der Waals surface area contributed by atoms with Crippen molar-refractivity contribution in [3.05, 3.63) is 108 Å². The minimum Gasteiger partial charge on any atom is -0.396 e. The Bertz CT molecular complexity index is 1560. The Morgan fingerprint density at radius 2 is 1.43 bits per heavy atom. The third kappa shape index (κ3) is 4.30. The van der Waals surface area contributed by atoms with Crippen LogP contribution in [0, 0.1) is 11.3 Å². The van der Waals surface area contributed by atoms with Crippen LogP contribution in [-0.2, 0) is 6.54 Å². The van der Waals surface area contributed by atoms with Gasteiger partial charge in [0.05, 0.1) is 17.4 Å². The maximum Gasteiger partial charge on any atom is 0.146 e. The lowest BCUT2D eigenvalue weighted by atomic mass is 9.85. The van der Waals surface area contributed by atoms with E-state index in [4.69, 9.17) is 4.98 Å². The van der Waals surface area contributed by atoms with Gasteiger partial charge in [-0.25, -0.2) is 4.98 Å². The van der Waals surface area contributed by atoms with Gasteiger partial charge in [-0.3, -0.25) is 5.41 Å². The lowest BCUT2D eigenvalue weighted by Gasteiger charge is -2.32. The molecule has 0 bridgehead atoms. The fourth-order valence-corrected chi connectivity index (χ4v) is 5.99. The number of hydrogen-bond acceptors (Lipinski definition) is 3. The topological polar surface area (TPSA) is 66.8 Å². The zero-order valence-corrected chi connectivity index (χ0v) is 20.9. The molecule has 2 N–H and O–H groups in total. The van der Waals surface area contributed by atoms with Crippen molar-refractivity contribution in [2.75, 3.05) is 6.61 Å². The molecule has 0 radical (unpaired) electrons.